The molecule has 0 amide bonds. The summed E-state index contributed by atoms with van der Waals surface area (Å²) in [7, 11) is 0. The Balaban J connectivity index is 1.40. The lowest BCUT2D eigenvalue weighted by molar-refractivity contribution is -0.124. The minimum absolute atomic E-state index is 0.0490. The van der Waals surface area contributed by atoms with Gasteiger partial charge in [0.15, 0.2) is 12.2 Å². The molecule has 6 rings (SSSR count). The number of carbonyl (C=O) groups is 3. The highest BCUT2D eigenvalue weighted by Crippen LogP contribution is 2.55. The summed E-state index contributed by atoms with van der Waals surface area (Å²) in [6, 6.07) is 26.8. The first-order valence-electron chi connectivity index (χ1n) is 12.0. The van der Waals surface area contributed by atoms with Gasteiger partial charge >= 0.3 is 11.9 Å². The molecule has 1 aliphatic carbocycles. The summed E-state index contributed by atoms with van der Waals surface area (Å²) in [5, 5.41) is 0. The summed E-state index contributed by atoms with van der Waals surface area (Å²) in [6.45, 7) is 0. The number of ether oxygens (including phenoxy) is 2. The molecule has 0 spiro atoms. The number of nitrogens with zero attached hydrogens (tertiary/aromatic N) is 1. The average molecular weight is 468 g/mol. The van der Waals surface area contributed by atoms with E-state index in [0.717, 1.165) is 12.1 Å². The van der Waals surface area contributed by atoms with E-state index >= 15 is 0 Å². The van der Waals surface area contributed by atoms with E-state index in [-0.39, 0.29) is 29.7 Å². The molecule has 0 N–H and O–H groups in total. The van der Waals surface area contributed by atoms with Gasteiger partial charge in [-0.25, -0.2) is 9.59 Å². The second-order valence-electron chi connectivity index (χ2n) is 9.39. The van der Waals surface area contributed by atoms with Crippen LogP contribution in [-0.4, -0.2) is 42.0 Å². The van der Waals surface area contributed by atoms with E-state index < -0.39 is 24.1 Å². The van der Waals surface area contributed by atoms with E-state index in [2.05, 4.69) is 4.90 Å². The zero-order valence-electron chi connectivity index (χ0n) is 19.0. The van der Waals surface area contributed by atoms with Gasteiger partial charge in [0, 0.05) is 18.0 Å². The maximum atomic E-state index is 13.1. The van der Waals surface area contributed by atoms with Crippen LogP contribution >= 0.6 is 0 Å². The van der Waals surface area contributed by atoms with Crippen molar-refractivity contribution in [1.82, 2.24) is 0 Å². The van der Waals surface area contributed by atoms with E-state index in [0.29, 0.717) is 17.5 Å². The average Bonchev–Trinajstić information content (AvgIpc) is 3.54. The van der Waals surface area contributed by atoms with Crippen molar-refractivity contribution in [3.63, 3.8) is 0 Å². The molecule has 3 aromatic rings. The number of para-hydroxylation sites is 1. The van der Waals surface area contributed by atoms with Crippen LogP contribution in [0.1, 0.15) is 33.6 Å². The van der Waals surface area contributed by atoms with E-state index in [1.54, 1.807) is 48.5 Å². The number of rotatable bonds is 5. The lowest BCUT2D eigenvalue weighted by Gasteiger charge is -2.34. The fourth-order valence-corrected chi connectivity index (χ4v) is 6.20. The van der Waals surface area contributed by atoms with E-state index in [1.165, 1.54) is 0 Å². The highest BCUT2D eigenvalue weighted by atomic mass is 16.6. The Kier molecular flexibility index (Phi) is 5.36. The fourth-order valence-electron chi connectivity index (χ4n) is 6.20. The highest BCUT2D eigenvalue weighted by molar-refractivity contribution is 5.92. The molecule has 3 aliphatic rings. The summed E-state index contributed by atoms with van der Waals surface area (Å²) in [6.07, 6.45) is -0.201. The Morgan fingerprint density at radius 2 is 1.17 bits per heavy atom. The molecule has 0 aromatic heterocycles. The molecule has 2 heterocycles. The van der Waals surface area contributed by atoms with Gasteiger partial charge in [0.05, 0.1) is 23.2 Å². The normalized spacial score (nSPS) is 28.6. The van der Waals surface area contributed by atoms with Gasteiger partial charge in [-0.3, -0.25) is 4.79 Å². The molecule has 3 aromatic carbocycles. The van der Waals surface area contributed by atoms with Crippen LogP contribution in [0.3, 0.4) is 0 Å². The maximum Gasteiger partial charge on any atom is 0.338 e. The van der Waals surface area contributed by atoms with Crippen LogP contribution in [0.4, 0.5) is 5.69 Å². The molecule has 0 radical (unpaired) electrons. The quantitative estimate of drug-likeness (QED) is 0.521. The molecule has 2 aliphatic heterocycles. The van der Waals surface area contributed by atoms with Crippen LogP contribution in [0.2, 0.25) is 0 Å². The van der Waals surface area contributed by atoms with Gasteiger partial charge in [-0.05, 0) is 48.7 Å². The standard InChI is InChI=1S/C29H25NO5/c31-22-17-16-21-23(22)25-27(35-29(33)19-12-6-2-7-13-19)26(34-28(32)18-10-4-1-5-11-18)24(21)30(25)20-14-8-3-9-15-20/h1-15,21,23-27H,16-17H2. The van der Waals surface area contributed by atoms with Crippen LogP contribution < -0.4 is 4.90 Å². The third-order valence-electron chi connectivity index (χ3n) is 7.56. The Morgan fingerprint density at radius 3 is 1.71 bits per heavy atom. The smallest absolute Gasteiger partial charge is 0.338 e. The van der Waals surface area contributed by atoms with Crippen molar-refractivity contribution in [2.45, 2.75) is 37.1 Å². The molecule has 3 fully saturated rings. The first kappa shape index (κ1) is 21.6. The molecular formula is C29H25NO5. The molecule has 6 atom stereocenters. The number of anilines is 1. The minimum atomic E-state index is -0.760. The van der Waals surface area contributed by atoms with Gasteiger partial charge in [0.2, 0.25) is 0 Å². The van der Waals surface area contributed by atoms with Gasteiger partial charge in [-0.2, -0.15) is 0 Å². The number of fused-ring (bicyclic) bond motifs is 5. The molecular weight excluding hydrogens is 442 g/mol. The molecule has 6 unspecified atom stereocenters. The summed E-state index contributed by atoms with van der Waals surface area (Å²) in [4.78, 5) is 41.4. The molecule has 2 saturated heterocycles. The van der Waals surface area contributed by atoms with Crippen molar-refractivity contribution < 1.29 is 23.9 Å². The summed E-state index contributed by atoms with van der Waals surface area (Å²) in [5.74, 6) is -0.956. The Hall–Kier alpha value is -3.93. The first-order valence-corrected chi connectivity index (χ1v) is 12.0. The lowest BCUT2D eigenvalue weighted by atomic mass is 9.78. The molecule has 6 heteroatoms. The minimum Gasteiger partial charge on any atom is -0.453 e. The first-order chi connectivity index (χ1) is 17.1. The number of carbonyl (C=O) groups excluding carboxylic acids is 3. The molecule has 2 bridgehead atoms. The number of Topliss-reactive ketones (excluding diaryl/α,β-unsaturated/α-hetero) is 1. The van der Waals surface area contributed by atoms with Crippen molar-refractivity contribution in [1.29, 1.82) is 0 Å². The monoisotopic (exact) mass is 467 g/mol. The zero-order chi connectivity index (χ0) is 23.9. The van der Waals surface area contributed by atoms with Crippen LogP contribution in [-0.2, 0) is 14.3 Å². The van der Waals surface area contributed by atoms with Gasteiger partial charge < -0.3 is 14.4 Å². The van der Waals surface area contributed by atoms with Gasteiger partial charge in [-0.15, -0.1) is 0 Å². The summed E-state index contributed by atoms with van der Waals surface area (Å²) in [5.41, 5.74) is 1.79. The largest absolute Gasteiger partial charge is 0.453 e. The van der Waals surface area contributed by atoms with Crippen molar-refractivity contribution in [3.05, 3.63) is 102 Å². The third-order valence-corrected chi connectivity index (χ3v) is 7.56. The number of hydrogen-bond donors (Lipinski definition) is 0. The van der Waals surface area contributed by atoms with Crippen molar-refractivity contribution >= 4 is 23.4 Å². The van der Waals surface area contributed by atoms with E-state index in [1.807, 2.05) is 42.5 Å². The van der Waals surface area contributed by atoms with Crippen LogP contribution in [0.15, 0.2) is 91.0 Å². The zero-order valence-corrected chi connectivity index (χ0v) is 19.0. The van der Waals surface area contributed by atoms with Gasteiger partial charge in [0.1, 0.15) is 5.78 Å². The fraction of sp³-hybridized carbons (Fsp3) is 0.276. The number of benzene rings is 3. The molecule has 176 valence electrons. The maximum absolute atomic E-state index is 13.1. The second kappa shape index (κ2) is 8.69. The molecule has 1 saturated carbocycles. The number of esters is 2. The Bertz CT molecular complexity index is 1250. The third kappa shape index (κ3) is 3.60. The lowest BCUT2D eigenvalue weighted by Crippen LogP contribution is -2.50. The van der Waals surface area contributed by atoms with Gasteiger partial charge in [0.25, 0.3) is 0 Å². The number of hydrogen-bond acceptors (Lipinski definition) is 6. The SMILES string of the molecule is O=C(OC1C(OC(=O)c2ccccc2)C2C3C(=O)CCC3C1N2c1ccccc1)c1ccccc1. The van der Waals surface area contributed by atoms with Crippen LogP contribution in [0.25, 0.3) is 0 Å². The van der Waals surface area contributed by atoms with Crippen LogP contribution in [0.5, 0.6) is 0 Å². The van der Waals surface area contributed by atoms with Crippen molar-refractivity contribution in [2.24, 2.45) is 11.8 Å². The highest BCUT2D eigenvalue weighted by Gasteiger charge is 2.69. The summed E-state index contributed by atoms with van der Waals surface area (Å²) < 4.78 is 12.2. The van der Waals surface area contributed by atoms with Gasteiger partial charge in [-0.1, -0.05) is 54.6 Å². The molecule has 6 nitrogen and oxygen atoms in total. The second-order valence-corrected chi connectivity index (χ2v) is 9.39. The predicted octanol–water partition coefficient (Wildman–Crippen LogP) is 4.30. The van der Waals surface area contributed by atoms with Crippen molar-refractivity contribution in [3.8, 4) is 0 Å². The number of ketones is 1. The molecule has 35 heavy (non-hydrogen) atoms. The van der Waals surface area contributed by atoms with E-state index in [4.69, 9.17) is 9.47 Å². The van der Waals surface area contributed by atoms with Crippen molar-refractivity contribution in [2.75, 3.05) is 4.90 Å². The Labute approximate surface area is 203 Å². The Morgan fingerprint density at radius 1 is 0.686 bits per heavy atom. The van der Waals surface area contributed by atoms with E-state index in [9.17, 15) is 14.4 Å². The summed E-state index contributed by atoms with van der Waals surface area (Å²) >= 11 is 0. The topological polar surface area (TPSA) is 72.9 Å². The van der Waals surface area contributed by atoms with Crippen LogP contribution in [0, 0.1) is 11.8 Å². The predicted molar refractivity (Wildman–Crippen MR) is 129 cm³/mol.